The molecule has 0 spiro atoms. The molecule has 0 aromatic heterocycles. The average Bonchev–Trinajstić information content (AvgIpc) is 2.45. The summed E-state index contributed by atoms with van der Waals surface area (Å²) in [7, 11) is 1.32. The first-order valence-electron chi connectivity index (χ1n) is 5.89. The van der Waals surface area contributed by atoms with Crippen molar-refractivity contribution in [2.75, 3.05) is 19.0 Å². The van der Waals surface area contributed by atoms with E-state index >= 15 is 0 Å². The molecule has 0 fully saturated rings. The molecule has 7 heteroatoms. The zero-order valence-corrected chi connectivity index (χ0v) is 14.2. The lowest BCUT2D eigenvalue weighted by molar-refractivity contribution is -0.139. The van der Waals surface area contributed by atoms with E-state index in [1.807, 2.05) is 6.07 Å². The van der Waals surface area contributed by atoms with Gasteiger partial charge in [-0.2, -0.15) is 0 Å². The maximum atomic E-state index is 11.6. The van der Waals surface area contributed by atoms with Gasteiger partial charge < -0.3 is 9.47 Å². The van der Waals surface area contributed by atoms with Gasteiger partial charge in [0, 0.05) is 5.69 Å². The molecule has 1 aromatic rings. The van der Waals surface area contributed by atoms with Crippen LogP contribution in [0.2, 0.25) is 0 Å². The van der Waals surface area contributed by atoms with Gasteiger partial charge in [0.15, 0.2) is 0 Å². The summed E-state index contributed by atoms with van der Waals surface area (Å²) >= 11 is 6.70. The summed E-state index contributed by atoms with van der Waals surface area (Å²) in [6.45, 7) is 2.01. The molecule has 0 saturated heterocycles. The Bertz CT molecular complexity index is 481. The number of rotatable bonds is 5. The van der Waals surface area contributed by atoms with Crippen LogP contribution < -0.4 is 5.32 Å². The number of benzene rings is 1. The van der Waals surface area contributed by atoms with Crippen LogP contribution in [0.4, 0.5) is 10.5 Å². The van der Waals surface area contributed by atoms with Crippen LogP contribution in [0.15, 0.2) is 24.3 Å². The van der Waals surface area contributed by atoms with Crippen LogP contribution in [0, 0.1) is 0 Å². The van der Waals surface area contributed by atoms with Gasteiger partial charge in [-0.05, 0) is 18.6 Å². The third kappa shape index (κ3) is 4.49. The topological polar surface area (TPSA) is 64.6 Å². The minimum atomic E-state index is -0.572. The molecule has 0 bridgehead atoms. The van der Waals surface area contributed by atoms with E-state index in [1.165, 1.54) is 7.11 Å². The van der Waals surface area contributed by atoms with E-state index in [1.54, 1.807) is 25.1 Å². The Morgan fingerprint density at radius 3 is 2.55 bits per heavy atom. The molecule has 0 saturated carbocycles. The predicted molar refractivity (Wildman–Crippen MR) is 83.5 cm³/mol. The number of carbonyl (C=O) groups excluding carboxylic acids is 2. The molecule has 110 valence electrons. The normalized spacial score (nSPS) is 13.2. The van der Waals surface area contributed by atoms with Crippen LogP contribution in [0.3, 0.4) is 0 Å². The van der Waals surface area contributed by atoms with Crippen molar-refractivity contribution < 1.29 is 19.1 Å². The van der Waals surface area contributed by atoms with Crippen molar-refractivity contribution in [1.29, 1.82) is 0 Å². The molecule has 1 amide bonds. The van der Waals surface area contributed by atoms with Gasteiger partial charge in [0.2, 0.25) is 0 Å². The van der Waals surface area contributed by atoms with Crippen LogP contribution in [-0.2, 0) is 14.3 Å². The minimum Gasteiger partial charge on any atom is -0.468 e. The van der Waals surface area contributed by atoms with Crippen LogP contribution >= 0.6 is 31.9 Å². The smallest absolute Gasteiger partial charge is 0.411 e. The van der Waals surface area contributed by atoms with Gasteiger partial charge in [-0.15, -0.1) is 0 Å². The van der Waals surface area contributed by atoms with Crippen molar-refractivity contribution in [3.05, 3.63) is 29.8 Å². The molecule has 5 nitrogen and oxygen atoms in total. The van der Waals surface area contributed by atoms with Gasteiger partial charge in [0.05, 0.1) is 18.5 Å². The van der Waals surface area contributed by atoms with Gasteiger partial charge in [-0.25, -0.2) is 4.79 Å². The fraction of sp³-hybridized carbons (Fsp3) is 0.385. The zero-order valence-electron chi connectivity index (χ0n) is 11.1. The number of para-hydroxylation sites is 1. The van der Waals surface area contributed by atoms with E-state index in [-0.39, 0.29) is 11.4 Å². The molecule has 1 rings (SSSR count). The van der Waals surface area contributed by atoms with E-state index in [9.17, 15) is 9.59 Å². The van der Waals surface area contributed by atoms with Crippen molar-refractivity contribution in [3.63, 3.8) is 0 Å². The minimum absolute atomic E-state index is 0.287. The molecule has 0 aliphatic rings. The van der Waals surface area contributed by atoms with E-state index in [4.69, 9.17) is 4.74 Å². The number of esters is 1. The average molecular weight is 409 g/mol. The number of amides is 1. The highest BCUT2D eigenvalue weighted by atomic mass is 79.9. The number of anilines is 1. The van der Waals surface area contributed by atoms with E-state index < -0.39 is 16.9 Å². The maximum absolute atomic E-state index is 11.6. The molecule has 0 aliphatic carbocycles. The Balaban J connectivity index is 2.94. The van der Waals surface area contributed by atoms with Gasteiger partial charge in [-0.3, -0.25) is 10.1 Å². The van der Waals surface area contributed by atoms with Crippen molar-refractivity contribution in [1.82, 2.24) is 0 Å². The lowest BCUT2D eigenvalue weighted by Gasteiger charge is -2.18. The third-order valence-electron chi connectivity index (χ3n) is 2.45. The Labute approximate surface area is 134 Å². The van der Waals surface area contributed by atoms with Gasteiger partial charge in [-0.1, -0.05) is 50.1 Å². The molecule has 2 unspecified atom stereocenters. The Morgan fingerprint density at radius 1 is 1.30 bits per heavy atom. The molecule has 0 heterocycles. The molecule has 0 aliphatic heterocycles. The predicted octanol–water partition coefficient (Wildman–Crippen LogP) is 3.63. The van der Waals surface area contributed by atoms with E-state index in [2.05, 4.69) is 41.9 Å². The van der Waals surface area contributed by atoms with Crippen molar-refractivity contribution >= 4 is 49.6 Å². The number of alkyl halides is 2. The SMILES string of the molecule is CCOC(=O)Nc1ccccc1C(Br)C(Br)C(=O)OC. The fourth-order valence-corrected chi connectivity index (χ4v) is 2.60. The molecule has 1 N–H and O–H groups in total. The third-order valence-corrected chi connectivity index (χ3v) is 5.09. The number of carbonyl (C=O) groups is 2. The largest absolute Gasteiger partial charge is 0.468 e. The number of hydrogen-bond donors (Lipinski definition) is 1. The number of hydrogen-bond acceptors (Lipinski definition) is 4. The first-order chi connectivity index (χ1) is 9.51. The van der Waals surface area contributed by atoms with Crippen LogP contribution in [-0.4, -0.2) is 30.6 Å². The first-order valence-corrected chi connectivity index (χ1v) is 7.73. The number of halogens is 2. The van der Waals surface area contributed by atoms with Gasteiger partial charge in [0.25, 0.3) is 0 Å². The molecular weight excluding hydrogens is 394 g/mol. The number of methoxy groups -OCH3 is 1. The van der Waals surface area contributed by atoms with Crippen molar-refractivity contribution in [2.24, 2.45) is 0 Å². The van der Waals surface area contributed by atoms with Crippen LogP contribution in [0.5, 0.6) is 0 Å². The lowest BCUT2D eigenvalue weighted by atomic mass is 10.1. The monoisotopic (exact) mass is 407 g/mol. The maximum Gasteiger partial charge on any atom is 0.411 e. The van der Waals surface area contributed by atoms with E-state index in [0.717, 1.165) is 5.56 Å². The van der Waals surface area contributed by atoms with Crippen molar-refractivity contribution in [3.8, 4) is 0 Å². The molecule has 1 aromatic carbocycles. The van der Waals surface area contributed by atoms with Gasteiger partial charge >= 0.3 is 12.1 Å². The summed E-state index contributed by atoms with van der Waals surface area (Å²) < 4.78 is 9.53. The van der Waals surface area contributed by atoms with Crippen LogP contribution in [0.1, 0.15) is 17.3 Å². The molecule has 20 heavy (non-hydrogen) atoms. The summed E-state index contributed by atoms with van der Waals surface area (Å²) in [6, 6.07) is 7.14. The molecular formula is C13H15Br2NO4. The second-order valence-corrected chi connectivity index (χ2v) is 5.73. The summed E-state index contributed by atoms with van der Waals surface area (Å²) in [4.78, 5) is 22.1. The Hall–Kier alpha value is -1.08. The van der Waals surface area contributed by atoms with Crippen LogP contribution in [0.25, 0.3) is 0 Å². The number of nitrogens with one attached hydrogen (secondary N) is 1. The summed E-state index contributed by atoms with van der Waals surface area (Å²) in [5, 5.41) is 2.64. The Morgan fingerprint density at radius 2 is 1.95 bits per heavy atom. The quantitative estimate of drug-likeness (QED) is 0.596. The van der Waals surface area contributed by atoms with Crippen molar-refractivity contribution in [2.45, 2.75) is 16.6 Å². The summed E-state index contributed by atoms with van der Waals surface area (Å²) in [5.74, 6) is -0.405. The summed E-state index contributed by atoms with van der Waals surface area (Å²) in [5.41, 5.74) is 1.31. The van der Waals surface area contributed by atoms with E-state index in [0.29, 0.717) is 5.69 Å². The Kier molecular flexibility index (Phi) is 7.01. The van der Waals surface area contributed by atoms with Gasteiger partial charge in [0.1, 0.15) is 4.83 Å². The zero-order chi connectivity index (χ0) is 15.1. The second kappa shape index (κ2) is 8.26. The first kappa shape index (κ1) is 17.0. The molecule has 2 atom stereocenters. The highest BCUT2D eigenvalue weighted by Gasteiger charge is 2.27. The second-order valence-electron chi connectivity index (χ2n) is 3.76. The molecule has 0 radical (unpaired) electrons. The summed E-state index contributed by atoms with van der Waals surface area (Å²) in [6.07, 6.45) is -0.538. The standard InChI is InChI=1S/C13H15Br2NO4/c1-3-20-13(18)16-9-7-5-4-6-8(9)10(14)11(15)12(17)19-2/h4-7,10-11H,3H2,1-2H3,(H,16,18). The fourth-order valence-electron chi connectivity index (χ4n) is 1.52. The lowest BCUT2D eigenvalue weighted by Crippen LogP contribution is -2.22. The highest BCUT2D eigenvalue weighted by molar-refractivity contribution is 9.12. The highest BCUT2D eigenvalue weighted by Crippen LogP contribution is 2.36. The number of ether oxygens (including phenoxy) is 2.